The highest BCUT2D eigenvalue weighted by atomic mass is 79.9. The molecule has 0 saturated carbocycles. The maximum Gasteiger partial charge on any atom is 0.140 e. The second-order valence-corrected chi connectivity index (χ2v) is 5.62. The smallest absolute Gasteiger partial charge is 0.140 e. The lowest BCUT2D eigenvalue weighted by molar-refractivity contribution is 0.124. The number of hydrogen-bond donors (Lipinski definition) is 2. The summed E-state index contributed by atoms with van der Waals surface area (Å²) < 4.78 is 0. The molecule has 2 unspecified atom stereocenters. The van der Waals surface area contributed by atoms with Crippen LogP contribution >= 0.6 is 15.9 Å². The Labute approximate surface area is 111 Å². The summed E-state index contributed by atoms with van der Waals surface area (Å²) in [5, 5.41) is 18.9. The third-order valence-corrected chi connectivity index (χ3v) is 3.92. The van der Waals surface area contributed by atoms with Crippen LogP contribution in [0.4, 0.5) is 0 Å². The van der Waals surface area contributed by atoms with Crippen molar-refractivity contribution in [3.05, 3.63) is 46.5 Å². The van der Waals surface area contributed by atoms with Gasteiger partial charge in [-0.25, -0.2) is 0 Å². The van der Waals surface area contributed by atoms with Gasteiger partial charge in [0.05, 0.1) is 6.61 Å². The molecule has 17 heavy (non-hydrogen) atoms. The first-order valence-corrected chi connectivity index (χ1v) is 6.77. The lowest BCUT2D eigenvalue weighted by atomic mass is 9.78. The number of aliphatic hydroxyl groups is 2. The Morgan fingerprint density at radius 3 is 3.00 bits per heavy atom. The Morgan fingerprint density at radius 2 is 2.29 bits per heavy atom. The van der Waals surface area contributed by atoms with Gasteiger partial charge in [-0.1, -0.05) is 45.7 Å². The largest absolute Gasteiger partial charge is 0.393 e. The summed E-state index contributed by atoms with van der Waals surface area (Å²) in [6.07, 6.45) is 9.49. The molecule has 0 saturated heterocycles. The van der Waals surface area contributed by atoms with Crippen molar-refractivity contribution in [2.24, 2.45) is 0 Å². The van der Waals surface area contributed by atoms with Gasteiger partial charge in [0.1, 0.15) is 14.0 Å². The average Bonchev–Trinajstić information content (AvgIpc) is 2.48. The summed E-state index contributed by atoms with van der Waals surface area (Å²) in [6.45, 7) is -0.232. The number of aliphatic hydroxyl groups excluding tert-OH is 2. The van der Waals surface area contributed by atoms with Gasteiger partial charge in [-0.3, -0.25) is 0 Å². The monoisotopic (exact) mass is 294 g/mol. The molecule has 0 radical (unpaired) electrons. The Morgan fingerprint density at radius 1 is 1.53 bits per heavy atom. The fraction of sp³-hybridized carbons (Fsp3) is 0.385. The molecule has 0 spiro atoms. The van der Waals surface area contributed by atoms with Gasteiger partial charge in [-0.2, -0.15) is 0 Å². The van der Waals surface area contributed by atoms with Gasteiger partial charge in [0.2, 0.25) is 0 Å². The summed E-state index contributed by atoms with van der Waals surface area (Å²) in [4.78, 5) is 0.409. The maximum atomic E-state index is 9.81. The zero-order valence-electron chi connectivity index (χ0n) is 9.86. The Hall–Kier alpha value is -0.575. The molecule has 2 rings (SSSR count). The minimum atomic E-state index is -0.784. The number of alkyl halides is 1. The third kappa shape index (κ3) is 2.64. The van der Waals surface area contributed by atoms with E-state index >= 15 is 0 Å². The van der Waals surface area contributed by atoms with Crippen LogP contribution in [-0.2, 0) is 0 Å². The molecule has 0 aromatic heterocycles. The maximum absolute atomic E-state index is 9.81. The van der Waals surface area contributed by atoms with Crippen LogP contribution in [0.25, 0.3) is 0 Å². The first-order valence-electron chi connectivity index (χ1n) is 5.85. The van der Waals surface area contributed by atoms with Crippen LogP contribution in [0.5, 0.6) is 0 Å². The Kier molecular flexibility index (Phi) is 4.07. The zero-order chi connectivity index (χ0) is 12.4. The Bertz CT molecular complexity index is 435. The molecular weight excluding hydrogens is 279 g/mol. The Balaban J connectivity index is 2.42. The van der Waals surface area contributed by atoms with E-state index in [-0.39, 0.29) is 6.61 Å². The van der Waals surface area contributed by atoms with Crippen molar-refractivity contribution in [2.45, 2.75) is 23.8 Å². The highest BCUT2D eigenvalue weighted by Gasteiger charge is 2.20. The van der Waals surface area contributed by atoms with Gasteiger partial charge in [0.15, 0.2) is 0 Å². The van der Waals surface area contributed by atoms with Crippen molar-refractivity contribution in [2.75, 3.05) is 6.61 Å². The summed E-state index contributed by atoms with van der Waals surface area (Å²) in [7, 11) is 2.01. The second-order valence-electron chi connectivity index (χ2n) is 4.45. The van der Waals surface area contributed by atoms with Crippen molar-refractivity contribution in [3.8, 4) is 0 Å². The molecule has 2 atom stereocenters. The van der Waals surface area contributed by atoms with Gasteiger partial charge in [-0.15, -0.1) is 0 Å². The molecule has 2 aliphatic rings. The first-order chi connectivity index (χ1) is 8.13. The fourth-order valence-electron chi connectivity index (χ4n) is 2.36. The third-order valence-electron chi connectivity index (χ3n) is 3.28. The molecule has 0 aromatic carbocycles. The van der Waals surface area contributed by atoms with Gasteiger partial charge in [-0.05, 0) is 29.6 Å². The SMILES string of the molecule is BC1=C(C(O)CO)C=CCC2=CC(Br)CC=C21. The second kappa shape index (κ2) is 5.38. The van der Waals surface area contributed by atoms with Crippen LogP contribution in [0.2, 0.25) is 0 Å². The van der Waals surface area contributed by atoms with E-state index < -0.39 is 6.10 Å². The van der Waals surface area contributed by atoms with Gasteiger partial charge < -0.3 is 10.2 Å². The molecule has 90 valence electrons. The van der Waals surface area contributed by atoms with Crippen LogP contribution in [0, 0.1) is 0 Å². The molecule has 0 amide bonds. The lowest BCUT2D eigenvalue weighted by Crippen LogP contribution is -2.17. The van der Waals surface area contributed by atoms with Crippen LogP contribution in [0.1, 0.15) is 12.8 Å². The number of halogens is 1. The van der Waals surface area contributed by atoms with E-state index in [0.717, 1.165) is 23.9 Å². The molecule has 4 heteroatoms. The van der Waals surface area contributed by atoms with E-state index in [9.17, 15) is 5.11 Å². The van der Waals surface area contributed by atoms with Crippen molar-refractivity contribution in [3.63, 3.8) is 0 Å². The molecule has 2 nitrogen and oxygen atoms in total. The van der Waals surface area contributed by atoms with Crippen molar-refractivity contribution < 1.29 is 10.2 Å². The standard InChI is InChI=1S/C13H16BBrO2/c14-13-10-5-4-9(15)6-8(10)2-1-3-11(13)12(17)7-16/h1,3,5-6,9,12,16-17H,2,4,7,14H2. The van der Waals surface area contributed by atoms with Crippen molar-refractivity contribution >= 4 is 23.8 Å². The van der Waals surface area contributed by atoms with Crippen LogP contribution in [0.3, 0.4) is 0 Å². The summed E-state index contributed by atoms with van der Waals surface area (Å²) in [5.41, 5.74) is 4.42. The van der Waals surface area contributed by atoms with E-state index in [1.165, 1.54) is 11.1 Å². The van der Waals surface area contributed by atoms with Crippen molar-refractivity contribution in [1.82, 2.24) is 0 Å². The summed E-state index contributed by atoms with van der Waals surface area (Å²) in [5.74, 6) is 0. The molecule has 0 bridgehead atoms. The van der Waals surface area contributed by atoms with E-state index in [2.05, 4.69) is 34.2 Å². The molecule has 0 heterocycles. The molecule has 0 aliphatic heterocycles. The summed E-state index contributed by atoms with van der Waals surface area (Å²) >= 11 is 3.60. The molecule has 2 aliphatic carbocycles. The van der Waals surface area contributed by atoms with Crippen LogP contribution in [-0.4, -0.2) is 35.6 Å². The van der Waals surface area contributed by atoms with E-state index in [1.54, 1.807) is 0 Å². The normalized spacial score (nSPS) is 25.9. The highest BCUT2D eigenvalue weighted by Crippen LogP contribution is 2.33. The van der Waals surface area contributed by atoms with Gasteiger partial charge in [0.25, 0.3) is 0 Å². The number of hydrogen-bond acceptors (Lipinski definition) is 2. The number of fused-ring (bicyclic) bond motifs is 1. The molecule has 2 N–H and O–H groups in total. The quantitative estimate of drug-likeness (QED) is 0.594. The van der Waals surface area contributed by atoms with Crippen LogP contribution < -0.4 is 0 Å². The van der Waals surface area contributed by atoms with E-state index in [1.807, 2.05) is 13.9 Å². The van der Waals surface area contributed by atoms with E-state index in [4.69, 9.17) is 5.11 Å². The predicted molar refractivity (Wildman–Crippen MR) is 75.9 cm³/mol. The minimum absolute atomic E-state index is 0.232. The zero-order valence-corrected chi connectivity index (χ0v) is 11.4. The highest BCUT2D eigenvalue weighted by molar-refractivity contribution is 9.09. The lowest BCUT2D eigenvalue weighted by Gasteiger charge is -2.20. The van der Waals surface area contributed by atoms with Crippen molar-refractivity contribution in [1.29, 1.82) is 0 Å². The van der Waals surface area contributed by atoms with Gasteiger partial charge >= 0.3 is 0 Å². The molecule has 0 fully saturated rings. The number of rotatable bonds is 2. The number of allylic oxidation sites excluding steroid dienone is 6. The average molecular weight is 295 g/mol. The molecular formula is C13H16BBrO2. The van der Waals surface area contributed by atoms with Gasteiger partial charge in [0, 0.05) is 4.83 Å². The van der Waals surface area contributed by atoms with E-state index in [0.29, 0.717) is 4.83 Å². The predicted octanol–water partition coefficient (Wildman–Crippen LogP) is 1.21. The fourth-order valence-corrected chi connectivity index (χ4v) is 2.87. The minimum Gasteiger partial charge on any atom is -0.393 e. The first kappa shape index (κ1) is 12.9. The molecule has 0 aromatic rings. The van der Waals surface area contributed by atoms with Crippen LogP contribution in [0.15, 0.2) is 46.5 Å². The summed E-state index contributed by atoms with van der Waals surface area (Å²) in [6, 6.07) is 0. The topological polar surface area (TPSA) is 40.5 Å².